The summed E-state index contributed by atoms with van der Waals surface area (Å²) in [6.07, 6.45) is -4.15. The van der Waals surface area contributed by atoms with Crippen LogP contribution in [0.2, 0.25) is 0 Å². The van der Waals surface area contributed by atoms with Gasteiger partial charge in [0.25, 0.3) is 0 Å². The molecule has 27 heavy (non-hydrogen) atoms. The highest BCUT2D eigenvalue weighted by atomic mass is 35.5. The molecule has 1 aliphatic heterocycles. The second kappa shape index (κ2) is 11.7. The first-order valence-corrected chi connectivity index (χ1v) is 8.28. The molecular formula is C17H26Cl2F3N3O2. The van der Waals surface area contributed by atoms with Crippen molar-refractivity contribution in [2.24, 2.45) is 5.73 Å². The lowest BCUT2D eigenvalue weighted by Gasteiger charge is -2.35. The molecule has 3 N–H and O–H groups in total. The van der Waals surface area contributed by atoms with E-state index in [0.717, 1.165) is 17.7 Å². The predicted octanol–water partition coefficient (Wildman–Crippen LogP) is 2.78. The minimum atomic E-state index is -4.36. The zero-order valence-corrected chi connectivity index (χ0v) is 16.6. The molecule has 1 aromatic rings. The smallest absolute Gasteiger partial charge is 0.379 e. The van der Waals surface area contributed by atoms with Crippen molar-refractivity contribution >= 4 is 30.7 Å². The molecule has 10 heteroatoms. The number of carbonyl (C=O) groups is 1. The van der Waals surface area contributed by atoms with E-state index in [2.05, 4.69) is 10.2 Å². The number of ether oxygens (including phenoxy) is 1. The van der Waals surface area contributed by atoms with Crippen molar-refractivity contribution in [3.8, 4) is 0 Å². The van der Waals surface area contributed by atoms with Gasteiger partial charge >= 0.3 is 6.18 Å². The average molecular weight is 432 g/mol. The molecule has 2 atom stereocenters. The maximum absolute atomic E-state index is 12.8. The number of rotatable bonds is 6. The molecule has 0 spiro atoms. The van der Waals surface area contributed by atoms with Crippen molar-refractivity contribution in [3.05, 3.63) is 35.4 Å². The number of benzene rings is 1. The van der Waals surface area contributed by atoms with E-state index < -0.39 is 11.7 Å². The van der Waals surface area contributed by atoms with Gasteiger partial charge in [-0.3, -0.25) is 9.69 Å². The first kappa shape index (κ1) is 25.9. The summed E-state index contributed by atoms with van der Waals surface area (Å²) in [5, 5.41) is 2.83. The lowest BCUT2D eigenvalue weighted by molar-refractivity contribution is -0.137. The van der Waals surface area contributed by atoms with E-state index >= 15 is 0 Å². The fourth-order valence-corrected chi connectivity index (χ4v) is 2.82. The second-order valence-corrected chi connectivity index (χ2v) is 6.27. The van der Waals surface area contributed by atoms with Crippen LogP contribution < -0.4 is 11.1 Å². The van der Waals surface area contributed by atoms with E-state index in [1.54, 1.807) is 6.92 Å². The van der Waals surface area contributed by atoms with Gasteiger partial charge in [0.05, 0.1) is 24.8 Å². The summed E-state index contributed by atoms with van der Waals surface area (Å²) in [5.74, 6) is -0.167. The van der Waals surface area contributed by atoms with Crippen LogP contribution in [-0.2, 0) is 15.7 Å². The van der Waals surface area contributed by atoms with Crippen molar-refractivity contribution in [2.45, 2.75) is 31.6 Å². The summed E-state index contributed by atoms with van der Waals surface area (Å²) in [6.45, 7) is 4.51. The Morgan fingerprint density at radius 3 is 2.26 bits per heavy atom. The SMILES string of the molecule is CC(N)CC(=O)NCC(c1ccc(C(F)(F)F)cc1)N1CCOCC1.Cl.Cl. The lowest BCUT2D eigenvalue weighted by Crippen LogP contribution is -2.44. The van der Waals surface area contributed by atoms with Gasteiger partial charge in [0.2, 0.25) is 5.91 Å². The van der Waals surface area contributed by atoms with Crippen LogP contribution in [-0.4, -0.2) is 49.7 Å². The first-order chi connectivity index (χ1) is 11.8. The molecule has 0 aromatic heterocycles. The zero-order chi connectivity index (χ0) is 18.4. The Labute approximate surface area is 169 Å². The summed E-state index contributed by atoms with van der Waals surface area (Å²) < 4.78 is 43.6. The largest absolute Gasteiger partial charge is 0.416 e. The Balaban J connectivity index is 0.00000338. The number of carbonyl (C=O) groups excluding carboxylic acids is 1. The standard InChI is InChI=1S/C17H24F3N3O2.2ClH/c1-12(21)10-16(24)22-11-15(23-6-8-25-9-7-23)13-2-4-14(5-3-13)17(18,19)20;;/h2-5,12,15H,6-11,21H2,1H3,(H,22,24);2*1H. The third-order valence-corrected chi connectivity index (χ3v) is 4.11. The number of alkyl halides is 3. The molecule has 1 fully saturated rings. The van der Waals surface area contributed by atoms with Crippen LogP contribution in [0.15, 0.2) is 24.3 Å². The van der Waals surface area contributed by atoms with Gasteiger partial charge in [-0.1, -0.05) is 12.1 Å². The van der Waals surface area contributed by atoms with Crippen LogP contribution in [0.1, 0.15) is 30.5 Å². The highest BCUT2D eigenvalue weighted by molar-refractivity contribution is 5.85. The maximum Gasteiger partial charge on any atom is 0.416 e. The minimum absolute atomic E-state index is 0. The van der Waals surface area contributed by atoms with Gasteiger partial charge in [-0.25, -0.2) is 0 Å². The number of morpholine rings is 1. The first-order valence-electron chi connectivity index (χ1n) is 8.28. The van der Waals surface area contributed by atoms with Crippen molar-refractivity contribution < 1.29 is 22.7 Å². The van der Waals surface area contributed by atoms with E-state index in [4.69, 9.17) is 10.5 Å². The fourth-order valence-electron chi connectivity index (χ4n) is 2.82. The normalized spacial score (nSPS) is 17.2. The van der Waals surface area contributed by atoms with Crippen LogP contribution in [0, 0.1) is 0 Å². The fraction of sp³-hybridized carbons (Fsp3) is 0.588. The monoisotopic (exact) mass is 431 g/mol. The molecular weight excluding hydrogens is 406 g/mol. The van der Waals surface area contributed by atoms with Crippen LogP contribution in [0.25, 0.3) is 0 Å². The Morgan fingerprint density at radius 2 is 1.78 bits per heavy atom. The summed E-state index contributed by atoms with van der Waals surface area (Å²) in [4.78, 5) is 14.0. The van der Waals surface area contributed by atoms with Crippen LogP contribution >= 0.6 is 24.8 Å². The number of amides is 1. The van der Waals surface area contributed by atoms with Gasteiger partial charge < -0.3 is 15.8 Å². The molecule has 1 heterocycles. The Morgan fingerprint density at radius 1 is 1.22 bits per heavy atom. The van der Waals surface area contributed by atoms with Crippen LogP contribution in [0.3, 0.4) is 0 Å². The Hall–Kier alpha value is -1.06. The molecule has 1 aromatic carbocycles. The van der Waals surface area contributed by atoms with E-state index in [0.29, 0.717) is 32.8 Å². The molecule has 1 amide bonds. The molecule has 0 bridgehead atoms. The van der Waals surface area contributed by atoms with Crippen LogP contribution in [0.4, 0.5) is 13.2 Å². The van der Waals surface area contributed by atoms with Crippen molar-refractivity contribution in [1.82, 2.24) is 10.2 Å². The number of nitrogens with two attached hydrogens (primary N) is 1. The van der Waals surface area contributed by atoms with E-state index in [9.17, 15) is 18.0 Å². The van der Waals surface area contributed by atoms with Gasteiger partial charge in [0, 0.05) is 32.1 Å². The van der Waals surface area contributed by atoms with Crippen molar-refractivity contribution in [1.29, 1.82) is 0 Å². The summed E-state index contributed by atoms with van der Waals surface area (Å²) in [7, 11) is 0. The molecule has 1 aliphatic rings. The van der Waals surface area contributed by atoms with Gasteiger partial charge in [-0.15, -0.1) is 24.8 Å². The molecule has 0 saturated carbocycles. The van der Waals surface area contributed by atoms with Gasteiger partial charge in [-0.05, 0) is 24.6 Å². The molecule has 156 valence electrons. The minimum Gasteiger partial charge on any atom is -0.379 e. The van der Waals surface area contributed by atoms with Crippen molar-refractivity contribution in [2.75, 3.05) is 32.8 Å². The number of nitrogens with zero attached hydrogens (tertiary/aromatic N) is 1. The summed E-state index contributed by atoms with van der Waals surface area (Å²) in [5.41, 5.74) is 5.67. The quantitative estimate of drug-likeness (QED) is 0.726. The third-order valence-electron chi connectivity index (χ3n) is 4.11. The Bertz CT molecular complexity index is 566. The van der Waals surface area contributed by atoms with Gasteiger partial charge in [0.1, 0.15) is 0 Å². The number of hydrogen-bond acceptors (Lipinski definition) is 4. The Kier molecular flexibility index (Phi) is 11.2. The second-order valence-electron chi connectivity index (χ2n) is 6.27. The molecule has 0 radical (unpaired) electrons. The molecule has 2 unspecified atom stereocenters. The molecule has 1 saturated heterocycles. The number of halogens is 5. The van der Waals surface area contributed by atoms with E-state index in [1.807, 2.05) is 0 Å². The topological polar surface area (TPSA) is 67.6 Å². The lowest BCUT2D eigenvalue weighted by atomic mass is 10.0. The number of nitrogens with one attached hydrogen (secondary N) is 1. The zero-order valence-electron chi connectivity index (χ0n) is 15.0. The average Bonchev–Trinajstić information content (AvgIpc) is 2.55. The summed E-state index contributed by atoms with van der Waals surface area (Å²) >= 11 is 0. The van der Waals surface area contributed by atoms with Crippen molar-refractivity contribution in [3.63, 3.8) is 0 Å². The van der Waals surface area contributed by atoms with E-state index in [-0.39, 0.29) is 49.2 Å². The number of hydrogen-bond donors (Lipinski definition) is 2. The predicted molar refractivity (Wildman–Crippen MR) is 102 cm³/mol. The van der Waals surface area contributed by atoms with Gasteiger partial charge in [-0.2, -0.15) is 13.2 Å². The molecule has 5 nitrogen and oxygen atoms in total. The summed E-state index contributed by atoms with van der Waals surface area (Å²) in [6, 6.07) is 4.65. The highest BCUT2D eigenvalue weighted by Crippen LogP contribution is 2.31. The van der Waals surface area contributed by atoms with E-state index in [1.165, 1.54) is 12.1 Å². The van der Waals surface area contributed by atoms with Gasteiger partial charge in [0.15, 0.2) is 0 Å². The highest BCUT2D eigenvalue weighted by Gasteiger charge is 2.31. The maximum atomic E-state index is 12.8. The third kappa shape index (κ3) is 8.23. The van der Waals surface area contributed by atoms with Crippen LogP contribution in [0.5, 0.6) is 0 Å². The molecule has 0 aliphatic carbocycles. The molecule has 2 rings (SSSR count).